The summed E-state index contributed by atoms with van der Waals surface area (Å²) in [5.41, 5.74) is 4.17. The fourth-order valence-electron chi connectivity index (χ4n) is 9.80. The van der Waals surface area contributed by atoms with Crippen LogP contribution in [-0.2, 0) is 9.59 Å². The predicted molar refractivity (Wildman–Crippen MR) is 216 cm³/mol. The van der Waals surface area contributed by atoms with Crippen molar-refractivity contribution in [3.05, 3.63) is 87.9 Å². The number of nitrogens with one attached hydrogen (secondary N) is 1. The number of anilines is 2. The summed E-state index contributed by atoms with van der Waals surface area (Å²) in [7, 11) is 0. The number of piperidine rings is 4. The van der Waals surface area contributed by atoms with Crippen LogP contribution in [0.1, 0.15) is 88.0 Å². The highest BCUT2D eigenvalue weighted by molar-refractivity contribution is 6.31. The number of ether oxygens (including phenoxy) is 1. The van der Waals surface area contributed by atoms with Gasteiger partial charge in [0, 0.05) is 101 Å². The monoisotopic (exact) mass is 803 g/mol. The quantitative estimate of drug-likeness (QED) is 0.329. The lowest BCUT2D eigenvalue weighted by Crippen LogP contribution is -2.64. The fraction of sp³-hybridized carbons (Fsp3) is 0.455. The van der Waals surface area contributed by atoms with Crippen molar-refractivity contribution in [2.45, 2.75) is 69.6 Å². The minimum atomic E-state index is -0.965. The number of nitrogens with zero attached hydrogens (tertiary/aromatic N) is 6. The van der Waals surface area contributed by atoms with Crippen molar-refractivity contribution in [3.63, 3.8) is 0 Å². The number of halogens is 1. The molecule has 0 aromatic heterocycles. The van der Waals surface area contributed by atoms with E-state index in [1.54, 1.807) is 30.3 Å². The number of hydrogen-bond donors (Lipinski definition) is 1. The van der Waals surface area contributed by atoms with Crippen molar-refractivity contribution in [1.82, 2.24) is 20.0 Å². The lowest BCUT2D eigenvalue weighted by Gasteiger charge is -2.57. The van der Waals surface area contributed by atoms with E-state index in [4.69, 9.17) is 21.6 Å². The maximum Gasteiger partial charge on any atom is 0.262 e. The van der Waals surface area contributed by atoms with Crippen LogP contribution in [0.2, 0.25) is 5.02 Å². The first-order valence-corrected chi connectivity index (χ1v) is 20.8. The number of amides is 5. The highest BCUT2D eigenvalue weighted by Gasteiger charge is 2.48. The van der Waals surface area contributed by atoms with Gasteiger partial charge in [-0.3, -0.25) is 39.1 Å². The van der Waals surface area contributed by atoms with E-state index in [2.05, 4.69) is 38.2 Å². The first kappa shape index (κ1) is 38.1. The normalized spacial score (nSPS) is 22.8. The SMILES string of the molecule is N#Cc1ccc(OC2CCN(C(=O)c3ccc(N4CCC5(CC4)CN(C4CCN(c6ccc7c(c6)C(=O)N(C6CCC(=O)NC6=O)C7=O)CC4)C5)cc3)CC2)cc1Cl. The maximum absolute atomic E-state index is 13.4. The van der Waals surface area contributed by atoms with E-state index < -0.39 is 23.8 Å². The Morgan fingerprint density at radius 1 is 0.776 bits per heavy atom. The molecule has 5 fully saturated rings. The largest absolute Gasteiger partial charge is 0.490 e. The van der Waals surface area contributed by atoms with Crippen LogP contribution in [0.25, 0.3) is 0 Å². The smallest absolute Gasteiger partial charge is 0.262 e. The molecule has 300 valence electrons. The van der Waals surface area contributed by atoms with Crippen LogP contribution in [0.4, 0.5) is 11.4 Å². The van der Waals surface area contributed by atoms with Gasteiger partial charge >= 0.3 is 0 Å². The molecule has 1 spiro atoms. The van der Waals surface area contributed by atoms with Crippen LogP contribution in [0.3, 0.4) is 0 Å². The molecular formula is C44H46ClN7O6. The summed E-state index contributed by atoms with van der Waals surface area (Å²) in [6, 6.07) is 20.2. The number of benzene rings is 3. The summed E-state index contributed by atoms with van der Waals surface area (Å²) in [6.07, 6.45) is 6.03. The van der Waals surface area contributed by atoms with Gasteiger partial charge in [0.2, 0.25) is 11.8 Å². The number of carbonyl (C=O) groups is 5. The Morgan fingerprint density at radius 2 is 1.45 bits per heavy atom. The number of hydrogen-bond acceptors (Lipinski definition) is 10. The molecule has 58 heavy (non-hydrogen) atoms. The van der Waals surface area contributed by atoms with Gasteiger partial charge in [0.25, 0.3) is 17.7 Å². The van der Waals surface area contributed by atoms with Crippen LogP contribution >= 0.6 is 11.6 Å². The highest BCUT2D eigenvalue weighted by atomic mass is 35.5. The molecular weight excluding hydrogens is 758 g/mol. The molecule has 0 saturated carbocycles. The lowest BCUT2D eigenvalue weighted by atomic mass is 9.70. The van der Waals surface area contributed by atoms with Crippen molar-refractivity contribution >= 4 is 52.5 Å². The number of imide groups is 2. The first-order chi connectivity index (χ1) is 28.1. The molecule has 1 unspecified atom stereocenters. The molecule has 13 nitrogen and oxygen atoms in total. The Balaban J connectivity index is 0.713. The van der Waals surface area contributed by atoms with Gasteiger partial charge in [0.15, 0.2) is 0 Å². The molecule has 1 atom stereocenters. The van der Waals surface area contributed by atoms with E-state index >= 15 is 0 Å². The number of likely N-dealkylation sites (tertiary alicyclic amines) is 2. The Bertz CT molecular complexity index is 2190. The summed E-state index contributed by atoms with van der Waals surface area (Å²) >= 11 is 6.16. The molecule has 6 aliphatic heterocycles. The second kappa shape index (κ2) is 15.4. The topological polar surface area (TPSA) is 147 Å². The summed E-state index contributed by atoms with van der Waals surface area (Å²) in [4.78, 5) is 74.2. The minimum absolute atomic E-state index is 0.0113. The van der Waals surface area contributed by atoms with Gasteiger partial charge < -0.3 is 19.4 Å². The minimum Gasteiger partial charge on any atom is -0.490 e. The third-order valence-corrected chi connectivity index (χ3v) is 13.6. The summed E-state index contributed by atoms with van der Waals surface area (Å²) in [5.74, 6) is -1.26. The van der Waals surface area contributed by atoms with E-state index in [1.165, 1.54) is 0 Å². The number of carbonyl (C=O) groups excluding carboxylic acids is 5. The van der Waals surface area contributed by atoms with Gasteiger partial charge in [0.05, 0.1) is 21.7 Å². The van der Waals surface area contributed by atoms with Crippen molar-refractivity contribution in [2.24, 2.45) is 5.41 Å². The number of rotatable bonds is 7. The van der Waals surface area contributed by atoms with Gasteiger partial charge in [-0.15, -0.1) is 0 Å². The first-order valence-electron chi connectivity index (χ1n) is 20.4. The van der Waals surface area contributed by atoms with Crippen LogP contribution < -0.4 is 19.9 Å². The van der Waals surface area contributed by atoms with Gasteiger partial charge in [0.1, 0.15) is 24.0 Å². The molecule has 3 aromatic carbocycles. The third kappa shape index (κ3) is 7.17. The van der Waals surface area contributed by atoms with E-state index in [0.29, 0.717) is 57.6 Å². The molecule has 1 N–H and O–H groups in total. The van der Waals surface area contributed by atoms with E-state index in [0.717, 1.165) is 94.1 Å². The van der Waals surface area contributed by atoms with Gasteiger partial charge in [-0.05, 0) is 92.1 Å². The van der Waals surface area contributed by atoms with Crippen LogP contribution in [0, 0.1) is 16.7 Å². The standard InChI is InChI=1S/C44H46ClN7O6/c45-37-24-34(7-3-29(37)25-46)58-33-13-19-50(20-14-33)41(55)28-1-4-30(5-2-28)49-21-15-44(16-22-49)26-51(27-44)31-11-17-48(18-12-31)32-6-8-35-36(23-32)43(57)52(42(35)56)38-9-10-39(53)47-40(38)54/h1-8,23-24,31,33,38H,9-22,26-27H2,(H,47,53,54). The zero-order valence-electron chi connectivity index (χ0n) is 32.3. The van der Waals surface area contributed by atoms with Gasteiger partial charge in [-0.25, -0.2) is 0 Å². The average Bonchev–Trinajstić information content (AvgIpc) is 3.48. The Labute approximate surface area is 342 Å². The fourth-order valence-corrected chi connectivity index (χ4v) is 10.0. The van der Waals surface area contributed by atoms with Crippen LogP contribution in [0.15, 0.2) is 60.7 Å². The second-order valence-electron chi connectivity index (χ2n) is 16.7. The van der Waals surface area contributed by atoms with Crippen molar-refractivity contribution in [1.29, 1.82) is 5.26 Å². The molecule has 6 heterocycles. The number of nitriles is 1. The molecule has 9 rings (SSSR count). The molecule has 14 heteroatoms. The average molecular weight is 804 g/mol. The number of fused-ring (bicyclic) bond motifs is 1. The summed E-state index contributed by atoms with van der Waals surface area (Å²) in [6.45, 7) is 7.20. The maximum atomic E-state index is 13.4. The third-order valence-electron chi connectivity index (χ3n) is 13.2. The van der Waals surface area contributed by atoms with Crippen molar-refractivity contribution in [3.8, 4) is 11.8 Å². The zero-order chi connectivity index (χ0) is 40.1. The van der Waals surface area contributed by atoms with Gasteiger partial charge in [-0.2, -0.15) is 5.26 Å². The van der Waals surface area contributed by atoms with E-state index in [9.17, 15) is 24.0 Å². The molecule has 0 aliphatic carbocycles. The molecule has 0 bridgehead atoms. The van der Waals surface area contributed by atoms with Crippen molar-refractivity contribution in [2.75, 3.05) is 62.2 Å². The summed E-state index contributed by atoms with van der Waals surface area (Å²) in [5, 5.41) is 11.7. The zero-order valence-corrected chi connectivity index (χ0v) is 33.1. The summed E-state index contributed by atoms with van der Waals surface area (Å²) < 4.78 is 6.10. The second-order valence-corrected chi connectivity index (χ2v) is 17.1. The predicted octanol–water partition coefficient (Wildman–Crippen LogP) is 4.87. The Hall–Kier alpha value is -5.45. The van der Waals surface area contributed by atoms with Crippen LogP contribution in [0.5, 0.6) is 5.75 Å². The van der Waals surface area contributed by atoms with Gasteiger partial charge in [-0.1, -0.05) is 11.6 Å². The van der Waals surface area contributed by atoms with Crippen LogP contribution in [-0.4, -0.2) is 115 Å². The molecule has 0 radical (unpaired) electrons. The Kier molecular flexibility index (Phi) is 10.1. The molecule has 5 saturated heterocycles. The molecule has 3 aromatic rings. The highest BCUT2D eigenvalue weighted by Crippen LogP contribution is 2.44. The molecule has 5 amide bonds. The molecule has 6 aliphatic rings. The van der Waals surface area contributed by atoms with E-state index in [1.807, 2.05) is 23.1 Å². The van der Waals surface area contributed by atoms with Crippen molar-refractivity contribution < 1.29 is 28.7 Å². The Morgan fingerprint density at radius 3 is 2.12 bits per heavy atom. The van der Waals surface area contributed by atoms with E-state index in [-0.39, 0.29) is 30.8 Å². The lowest BCUT2D eigenvalue weighted by molar-refractivity contribution is -0.136.